The van der Waals surface area contributed by atoms with Gasteiger partial charge in [0.2, 0.25) is 11.8 Å². The number of amides is 2. The van der Waals surface area contributed by atoms with Gasteiger partial charge >= 0.3 is 0 Å². The Morgan fingerprint density at radius 2 is 1.68 bits per heavy atom. The van der Waals surface area contributed by atoms with Gasteiger partial charge < -0.3 is 15.1 Å². The molecule has 2 aromatic rings. The molecule has 5 heteroatoms. The zero-order chi connectivity index (χ0) is 24.7. The normalized spacial score (nSPS) is 15.6. The van der Waals surface area contributed by atoms with Gasteiger partial charge in [0.15, 0.2) is 0 Å². The quantitative estimate of drug-likeness (QED) is 0.456. The van der Waals surface area contributed by atoms with Gasteiger partial charge in [-0.15, -0.1) is 0 Å². The fourth-order valence-corrected chi connectivity index (χ4v) is 4.95. The molecule has 2 aromatic carbocycles. The van der Waals surface area contributed by atoms with Crippen molar-refractivity contribution in [2.45, 2.75) is 77.8 Å². The van der Waals surface area contributed by atoms with Gasteiger partial charge in [-0.2, -0.15) is 0 Å². The molecule has 0 bridgehead atoms. The SMILES string of the molecule is CC[C@H](C(=O)N(Cc1cc(NC(=O)C2CCCC2)ccc1N(C)C)[C@@H](C)CC)c1ccccc1. The summed E-state index contributed by atoms with van der Waals surface area (Å²) in [7, 11) is 4.04. The second-order valence-corrected chi connectivity index (χ2v) is 9.80. The molecule has 0 unspecified atom stereocenters. The van der Waals surface area contributed by atoms with Crippen LogP contribution in [-0.4, -0.2) is 36.9 Å². The number of rotatable bonds is 10. The molecule has 0 aliphatic heterocycles. The molecule has 1 fully saturated rings. The first kappa shape index (κ1) is 25.8. The number of hydrogen-bond donors (Lipinski definition) is 1. The van der Waals surface area contributed by atoms with Gasteiger partial charge in [-0.05, 0) is 61.9 Å². The molecule has 0 saturated heterocycles. The molecule has 1 saturated carbocycles. The average molecular weight is 464 g/mol. The predicted octanol–water partition coefficient (Wildman–Crippen LogP) is 6.20. The summed E-state index contributed by atoms with van der Waals surface area (Å²) in [5.74, 6) is 0.230. The molecule has 0 spiro atoms. The zero-order valence-electron chi connectivity index (χ0n) is 21.5. The number of carbonyl (C=O) groups is 2. The van der Waals surface area contributed by atoms with Crippen LogP contribution in [0.5, 0.6) is 0 Å². The van der Waals surface area contributed by atoms with Gasteiger partial charge in [0, 0.05) is 44.0 Å². The van der Waals surface area contributed by atoms with E-state index in [1.54, 1.807) is 0 Å². The Morgan fingerprint density at radius 3 is 2.26 bits per heavy atom. The minimum absolute atomic E-state index is 0.108. The van der Waals surface area contributed by atoms with Gasteiger partial charge in [0.05, 0.1) is 5.92 Å². The molecular weight excluding hydrogens is 422 g/mol. The maximum Gasteiger partial charge on any atom is 0.230 e. The molecule has 0 radical (unpaired) electrons. The maximum atomic E-state index is 13.8. The number of nitrogens with one attached hydrogen (secondary N) is 1. The molecule has 1 N–H and O–H groups in total. The van der Waals surface area contributed by atoms with Crippen molar-refractivity contribution in [2.24, 2.45) is 5.92 Å². The van der Waals surface area contributed by atoms with Crippen LogP contribution >= 0.6 is 0 Å². The molecular formula is C29H41N3O2. The third-order valence-corrected chi connectivity index (χ3v) is 7.21. The third-order valence-electron chi connectivity index (χ3n) is 7.21. The minimum atomic E-state index is -0.164. The molecule has 5 nitrogen and oxygen atoms in total. The van der Waals surface area contributed by atoms with Crippen molar-refractivity contribution >= 4 is 23.2 Å². The highest BCUT2D eigenvalue weighted by molar-refractivity contribution is 5.93. The summed E-state index contributed by atoms with van der Waals surface area (Å²) in [6.07, 6.45) is 5.86. The van der Waals surface area contributed by atoms with E-state index in [0.717, 1.165) is 61.0 Å². The predicted molar refractivity (Wildman–Crippen MR) is 141 cm³/mol. The van der Waals surface area contributed by atoms with E-state index in [9.17, 15) is 9.59 Å². The summed E-state index contributed by atoms with van der Waals surface area (Å²) in [5.41, 5.74) is 3.98. The first-order valence-electron chi connectivity index (χ1n) is 12.8. The van der Waals surface area contributed by atoms with Gasteiger partial charge in [-0.1, -0.05) is 57.0 Å². The Hall–Kier alpha value is -2.82. The van der Waals surface area contributed by atoms with Crippen LogP contribution in [0.1, 0.15) is 76.3 Å². The van der Waals surface area contributed by atoms with Crippen LogP contribution in [-0.2, 0) is 16.1 Å². The molecule has 1 aliphatic carbocycles. The number of benzene rings is 2. The molecule has 3 rings (SSSR count). The number of carbonyl (C=O) groups excluding carboxylic acids is 2. The van der Waals surface area contributed by atoms with Crippen LogP contribution in [0.15, 0.2) is 48.5 Å². The van der Waals surface area contributed by atoms with Crippen LogP contribution in [0, 0.1) is 5.92 Å². The Morgan fingerprint density at radius 1 is 1.00 bits per heavy atom. The monoisotopic (exact) mass is 463 g/mol. The second-order valence-electron chi connectivity index (χ2n) is 9.80. The first-order chi connectivity index (χ1) is 16.3. The standard InChI is InChI=1S/C29H41N3O2/c1-6-21(3)32(29(34)26(7-2)22-13-9-8-10-14-22)20-24-19-25(17-18-27(24)31(4)5)30-28(33)23-15-11-12-16-23/h8-10,13-14,17-19,21,23,26H,6-7,11-12,15-16,20H2,1-5H3,(H,30,33)/t21-,26-/m0/s1. The van der Waals surface area contributed by atoms with Gasteiger partial charge in [-0.3, -0.25) is 9.59 Å². The van der Waals surface area contributed by atoms with E-state index in [2.05, 4.69) is 31.0 Å². The fraction of sp³-hybridized carbons (Fsp3) is 0.517. The van der Waals surface area contributed by atoms with Crippen molar-refractivity contribution < 1.29 is 9.59 Å². The van der Waals surface area contributed by atoms with Crippen molar-refractivity contribution in [2.75, 3.05) is 24.3 Å². The maximum absolute atomic E-state index is 13.8. The van der Waals surface area contributed by atoms with Crippen LogP contribution in [0.3, 0.4) is 0 Å². The summed E-state index contributed by atoms with van der Waals surface area (Å²) >= 11 is 0. The van der Waals surface area contributed by atoms with E-state index >= 15 is 0 Å². The molecule has 1 aliphatic rings. The smallest absolute Gasteiger partial charge is 0.230 e. The molecule has 2 atom stereocenters. The Kier molecular flexibility index (Phi) is 9.14. The molecule has 2 amide bonds. The second kappa shape index (κ2) is 12.0. The van der Waals surface area contributed by atoms with E-state index in [4.69, 9.17) is 0 Å². The number of anilines is 2. The van der Waals surface area contributed by atoms with Crippen molar-refractivity contribution in [3.8, 4) is 0 Å². The lowest BCUT2D eigenvalue weighted by atomic mass is 9.94. The Bertz CT molecular complexity index is 951. The van der Waals surface area contributed by atoms with Gasteiger partial charge in [0.1, 0.15) is 0 Å². The largest absolute Gasteiger partial charge is 0.377 e. The van der Waals surface area contributed by atoms with Crippen LogP contribution < -0.4 is 10.2 Å². The lowest BCUT2D eigenvalue weighted by Crippen LogP contribution is -2.41. The van der Waals surface area contributed by atoms with Gasteiger partial charge in [0.25, 0.3) is 0 Å². The average Bonchev–Trinajstić information content (AvgIpc) is 3.38. The topological polar surface area (TPSA) is 52.7 Å². The lowest BCUT2D eigenvalue weighted by molar-refractivity contribution is -0.135. The molecule has 184 valence electrons. The van der Waals surface area contributed by atoms with Crippen molar-refractivity contribution in [3.05, 3.63) is 59.7 Å². The summed E-state index contributed by atoms with van der Waals surface area (Å²) in [5, 5.41) is 3.13. The van der Waals surface area contributed by atoms with E-state index in [0.29, 0.717) is 6.54 Å². The summed E-state index contributed by atoms with van der Waals surface area (Å²) < 4.78 is 0. The zero-order valence-corrected chi connectivity index (χ0v) is 21.5. The van der Waals surface area contributed by atoms with Crippen molar-refractivity contribution in [3.63, 3.8) is 0 Å². The fourth-order valence-electron chi connectivity index (χ4n) is 4.95. The van der Waals surface area contributed by atoms with Crippen molar-refractivity contribution in [1.82, 2.24) is 4.90 Å². The Balaban J connectivity index is 1.89. The van der Waals surface area contributed by atoms with E-state index in [-0.39, 0.29) is 29.7 Å². The first-order valence-corrected chi connectivity index (χ1v) is 12.8. The highest BCUT2D eigenvalue weighted by atomic mass is 16.2. The molecule has 0 heterocycles. The van der Waals surface area contributed by atoms with Gasteiger partial charge in [-0.25, -0.2) is 0 Å². The van der Waals surface area contributed by atoms with Crippen LogP contribution in [0.25, 0.3) is 0 Å². The minimum Gasteiger partial charge on any atom is -0.377 e. The number of hydrogen-bond acceptors (Lipinski definition) is 3. The van der Waals surface area contributed by atoms with Crippen LogP contribution in [0.2, 0.25) is 0 Å². The highest BCUT2D eigenvalue weighted by Crippen LogP contribution is 2.30. The third kappa shape index (κ3) is 6.19. The van der Waals surface area contributed by atoms with E-state index in [1.165, 1.54) is 0 Å². The van der Waals surface area contributed by atoms with E-state index in [1.807, 2.05) is 67.5 Å². The summed E-state index contributed by atoms with van der Waals surface area (Å²) in [6.45, 7) is 6.84. The Labute approximate surface area is 205 Å². The molecule has 0 aromatic heterocycles. The highest BCUT2D eigenvalue weighted by Gasteiger charge is 2.28. The molecule has 34 heavy (non-hydrogen) atoms. The lowest BCUT2D eigenvalue weighted by Gasteiger charge is -2.33. The summed E-state index contributed by atoms with van der Waals surface area (Å²) in [6, 6.07) is 16.3. The van der Waals surface area contributed by atoms with Crippen molar-refractivity contribution in [1.29, 1.82) is 0 Å². The summed E-state index contributed by atoms with van der Waals surface area (Å²) in [4.78, 5) is 30.7. The van der Waals surface area contributed by atoms with E-state index < -0.39 is 0 Å². The van der Waals surface area contributed by atoms with Crippen LogP contribution in [0.4, 0.5) is 11.4 Å². The number of nitrogens with zero attached hydrogens (tertiary/aromatic N) is 2.